The highest BCUT2D eigenvalue weighted by atomic mass is 32.2. The summed E-state index contributed by atoms with van der Waals surface area (Å²) in [6, 6.07) is 13.9. The number of benzene rings is 2. The second-order valence-electron chi connectivity index (χ2n) is 5.89. The fourth-order valence-electron chi connectivity index (χ4n) is 2.48. The SMILES string of the molecule is C=CCN(c1ccc(C(=O)NCc2ccc(OCC)cc2)cc1)S(C)(=O)=O. The van der Waals surface area contributed by atoms with E-state index < -0.39 is 10.0 Å². The van der Waals surface area contributed by atoms with Gasteiger partial charge in [0.05, 0.1) is 25.1 Å². The van der Waals surface area contributed by atoms with Gasteiger partial charge in [0, 0.05) is 12.1 Å². The number of rotatable bonds is 9. The van der Waals surface area contributed by atoms with Crippen LogP contribution in [0.5, 0.6) is 5.75 Å². The molecule has 0 aliphatic rings. The lowest BCUT2D eigenvalue weighted by molar-refractivity contribution is 0.0951. The Kier molecular flexibility index (Phi) is 7.01. The number of anilines is 1. The molecule has 7 heteroatoms. The molecule has 2 rings (SSSR count). The van der Waals surface area contributed by atoms with Crippen molar-refractivity contribution in [2.24, 2.45) is 0 Å². The van der Waals surface area contributed by atoms with Gasteiger partial charge >= 0.3 is 0 Å². The smallest absolute Gasteiger partial charge is 0.251 e. The molecule has 0 saturated heterocycles. The molecule has 2 aromatic carbocycles. The minimum Gasteiger partial charge on any atom is -0.494 e. The summed E-state index contributed by atoms with van der Waals surface area (Å²) >= 11 is 0. The van der Waals surface area contributed by atoms with Gasteiger partial charge in [-0.25, -0.2) is 8.42 Å². The van der Waals surface area contributed by atoms with Gasteiger partial charge in [-0.15, -0.1) is 6.58 Å². The van der Waals surface area contributed by atoms with Crippen LogP contribution in [-0.2, 0) is 16.6 Å². The van der Waals surface area contributed by atoms with Gasteiger partial charge in [-0.3, -0.25) is 9.10 Å². The molecule has 27 heavy (non-hydrogen) atoms. The zero-order chi connectivity index (χ0) is 19.9. The van der Waals surface area contributed by atoms with Crippen LogP contribution < -0.4 is 14.4 Å². The summed E-state index contributed by atoms with van der Waals surface area (Å²) in [7, 11) is -3.42. The van der Waals surface area contributed by atoms with E-state index in [-0.39, 0.29) is 12.5 Å². The third-order valence-corrected chi connectivity index (χ3v) is 4.96. The first-order valence-corrected chi connectivity index (χ1v) is 10.4. The Bertz CT molecular complexity index is 875. The molecule has 144 valence electrons. The number of ether oxygens (including phenoxy) is 1. The van der Waals surface area contributed by atoms with Gasteiger partial charge < -0.3 is 10.1 Å². The van der Waals surface area contributed by atoms with Crippen LogP contribution in [0.15, 0.2) is 61.2 Å². The molecule has 6 nitrogen and oxygen atoms in total. The average Bonchev–Trinajstić information content (AvgIpc) is 2.65. The molecule has 0 saturated carbocycles. The van der Waals surface area contributed by atoms with Crippen LogP contribution in [-0.4, -0.2) is 33.7 Å². The van der Waals surface area contributed by atoms with Crippen molar-refractivity contribution in [2.45, 2.75) is 13.5 Å². The van der Waals surface area contributed by atoms with Gasteiger partial charge in [-0.2, -0.15) is 0 Å². The van der Waals surface area contributed by atoms with Crippen LogP contribution in [0.4, 0.5) is 5.69 Å². The summed E-state index contributed by atoms with van der Waals surface area (Å²) in [6.07, 6.45) is 2.65. The Morgan fingerprint density at radius 3 is 2.30 bits per heavy atom. The van der Waals surface area contributed by atoms with Gasteiger partial charge in [0.15, 0.2) is 0 Å². The van der Waals surface area contributed by atoms with Crippen LogP contribution in [0.1, 0.15) is 22.8 Å². The number of nitrogens with one attached hydrogen (secondary N) is 1. The molecule has 0 radical (unpaired) electrons. The molecule has 0 aliphatic heterocycles. The highest BCUT2D eigenvalue weighted by molar-refractivity contribution is 7.92. The standard InChI is InChI=1S/C20H24N2O4S/c1-4-14-22(27(3,24)25)18-10-8-17(9-11-18)20(23)21-15-16-6-12-19(13-7-16)26-5-2/h4,6-13H,1,5,14-15H2,2-3H3,(H,21,23). The van der Waals surface area contributed by atoms with Crippen LogP contribution in [0.25, 0.3) is 0 Å². The van der Waals surface area contributed by atoms with E-state index in [1.54, 1.807) is 24.3 Å². The lowest BCUT2D eigenvalue weighted by Gasteiger charge is -2.20. The number of sulfonamides is 1. The molecule has 0 bridgehead atoms. The summed E-state index contributed by atoms with van der Waals surface area (Å²) in [5.41, 5.74) is 1.90. The minimum atomic E-state index is -3.42. The van der Waals surface area contributed by atoms with Crippen molar-refractivity contribution in [2.75, 3.05) is 23.7 Å². The Balaban J connectivity index is 2.01. The maximum atomic E-state index is 12.3. The zero-order valence-corrected chi connectivity index (χ0v) is 16.3. The van der Waals surface area contributed by atoms with E-state index in [1.165, 1.54) is 10.4 Å². The number of hydrogen-bond donors (Lipinski definition) is 1. The molecule has 0 aromatic heterocycles. The number of carbonyl (C=O) groups is 1. The predicted octanol–water partition coefficient (Wildman–Crippen LogP) is 2.97. The van der Waals surface area contributed by atoms with Gasteiger partial charge in [0.1, 0.15) is 5.75 Å². The molecule has 2 aromatic rings. The topological polar surface area (TPSA) is 75.7 Å². The largest absolute Gasteiger partial charge is 0.494 e. The number of carbonyl (C=O) groups excluding carboxylic acids is 1. The molecule has 0 fully saturated rings. The van der Waals surface area contributed by atoms with Crippen molar-refractivity contribution in [3.63, 3.8) is 0 Å². The predicted molar refractivity (Wildman–Crippen MR) is 108 cm³/mol. The van der Waals surface area contributed by atoms with Crippen molar-refractivity contribution in [1.29, 1.82) is 0 Å². The van der Waals surface area contributed by atoms with E-state index in [4.69, 9.17) is 4.74 Å². The average molecular weight is 388 g/mol. The van der Waals surface area contributed by atoms with Crippen molar-refractivity contribution in [1.82, 2.24) is 5.32 Å². The molecule has 1 amide bonds. The first-order valence-electron chi connectivity index (χ1n) is 8.53. The monoisotopic (exact) mass is 388 g/mol. The normalized spacial score (nSPS) is 10.9. The van der Waals surface area contributed by atoms with Crippen LogP contribution in [0.3, 0.4) is 0 Å². The molecule has 0 atom stereocenters. The molecule has 0 unspecified atom stereocenters. The lowest BCUT2D eigenvalue weighted by atomic mass is 10.1. The maximum absolute atomic E-state index is 12.3. The fraction of sp³-hybridized carbons (Fsp3) is 0.250. The fourth-order valence-corrected chi connectivity index (χ4v) is 3.36. The molecule has 0 spiro atoms. The number of nitrogens with zero attached hydrogens (tertiary/aromatic N) is 1. The van der Waals surface area contributed by atoms with Crippen molar-refractivity contribution >= 4 is 21.6 Å². The van der Waals surface area contributed by atoms with E-state index in [0.29, 0.717) is 24.4 Å². The third-order valence-electron chi connectivity index (χ3n) is 3.80. The van der Waals surface area contributed by atoms with Crippen LogP contribution in [0.2, 0.25) is 0 Å². The van der Waals surface area contributed by atoms with E-state index in [1.807, 2.05) is 31.2 Å². The molecular formula is C20H24N2O4S. The zero-order valence-electron chi connectivity index (χ0n) is 15.5. The summed E-state index contributed by atoms with van der Waals surface area (Å²) < 4.78 is 30.3. The molecule has 1 N–H and O–H groups in total. The molecular weight excluding hydrogens is 364 g/mol. The lowest BCUT2D eigenvalue weighted by Crippen LogP contribution is -2.30. The summed E-state index contributed by atoms with van der Waals surface area (Å²) in [5, 5.41) is 2.84. The van der Waals surface area contributed by atoms with Crippen molar-refractivity contribution in [3.8, 4) is 5.75 Å². The van der Waals surface area contributed by atoms with E-state index in [9.17, 15) is 13.2 Å². The van der Waals surface area contributed by atoms with Gasteiger partial charge in [-0.05, 0) is 48.9 Å². The quantitative estimate of drug-likeness (QED) is 0.670. The van der Waals surface area contributed by atoms with Gasteiger partial charge in [-0.1, -0.05) is 18.2 Å². The maximum Gasteiger partial charge on any atom is 0.251 e. The van der Waals surface area contributed by atoms with Crippen molar-refractivity contribution in [3.05, 3.63) is 72.3 Å². The molecule has 0 aliphatic carbocycles. The summed E-state index contributed by atoms with van der Waals surface area (Å²) in [6.45, 7) is 6.66. The van der Waals surface area contributed by atoms with Gasteiger partial charge in [0.25, 0.3) is 5.91 Å². The number of hydrogen-bond acceptors (Lipinski definition) is 4. The summed E-state index contributed by atoms with van der Waals surface area (Å²) in [4.78, 5) is 12.3. The van der Waals surface area contributed by atoms with Crippen molar-refractivity contribution < 1.29 is 17.9 Å². The highest BCUT2D eigenvalue weighted by Gasteiger charge is 2.16. The van der Waals surface area contributed by atoms with Gasteiger partial charge in [0.2, 0.25) is 10.0 Å². The van der Waals surface area contributed by atoms with E-state index in [2.05, 4.69) is 11.9 Å². The van der Waals surface area contributed by atoms with Crippen LogP contribution in [0, 0.1) is 0 Å². The first kappa shape index (κ1) is 20.5. The van der Waals surface area contributed by atoms with E-state index >= 15 is 0 Å². The summed E-state index contributed by atoms with van der Waals surface area (Å²) in [5.74, 6) is 0.559. The van der Waals surface area contributed by atoms with E-state index in [0.717, 1.165) is 17.6 Å². The Labute approximate surface area is 160 Å². The first-order chi connectivity index (χ1) is 12.8. The van der Waals surface area contributed by atoms with Crippen LogP contribution >= 0.6 is 0 Å². The Morgan fingerprint density at radius 1 is 1.15 bits per heavy atom. The second kappa shape index (κ2) is 9.23. The minimum absolute atomic E-state index is 0.169. The molecule has 0 heterocycles. The Morgan fingerprint density at radius 2 is 1.78 bits per heavy atom. The Hall–Kier alpha value is -2.80. The second-order valence-corrected chi connectivity index (χ2v) is 7.80. The number of amides is 1. The highest BCUT2D eigenvalue weighted by Crippen LogP contribution is 2.18. The third kappa shape index (κ3) is 5.86.